The highest BCUT2D eigenvalue weighted by Gasteiger charge is 2.10. The molecule has 19 heavy (non-hydrogen) atoms. The van der Waals surface area contributed by atoms with Crippen LogP contribution in [-0.4, -0.2) is 9.78 Å². The standard InChI is InChI=1S/C14H17ClFN3/c1-9-12(10(2)19(3)18-9)8-17-7-11-5-4-6-13(15)14(11)16/h4-6,17H,7-8H2,1-3H3. The van der Waals surface area contributed by atoms with Crippen LogP contribution in [0.1, 0.15) is 22.5 Å². The van der Waals surface area contributed by atoms with Gasteiger partial charge in [-0.3, -0.25) is 4.68 Å². The van der Waals surface area contributed by atoms with Crippen molar-refractivity contribution >= 4 is 11.6 Å². The van der Waals surface area contributed by atoms with Crippen LogP contribution in [0.25, 0.3) is 0 Å². The first-order chi connectivity index (χ1) is 9.00. The van der Waals surface area contributed by atoms with E-state index in [1.165, 1.54) is 0 Å². The minimum Gasteiger partial charge on any atom is -0.308 e. The average molecular weight is 282 g/mol. The molecule has 0 aliphatic carbocycles. The summed E-state index contributed by atoms with van der Waals surface area (Å²) in [6.07, 6.45) is 0. The minimum atomic E-state index is -0.351. The van der Waals surface area contributed by atoms with Crippen molar-refractivity contribution in [2.45, 2.75) is 26.9 Å². The Bertz CT molecular complexity index is 593. The largest absolute Gasteiger partial charge is 0.308 e. The van der Waals surface area contributed by atoms with E-state index in [1.54, 1.807) is 18.2 Å². The van der Waals surface area contributed by atoms with E-state index in [0.29, 0.717) is 18.7 Å². The molecule has 2 rings (SSSR count). The van der Waals surface area contributed by atoms with Crippen LogP contribution < -0.4 is 5.32 Å². The van der Waals surface area contributed by atoms with Crippen molar-refractivity contribution in [3.8, 4) is 0 Å². The van der Waals surface area contributed by atoms with Crippen LogP contribution in [0, 0.1) is 19.7 Å². The molecule has 3 nitrogen and oxygen atoms in total. The van der Waals surface area contributed by atoms with Gasteiger partial charge in [-0.2, -0.15) is 5.10 Å². The first-order valence-corrected chi connectivity index (χ1v) is 6.51. The van der Waals surface area contributed by atoms with Gasteiger partial charge in [0.05, 0.1) is 10.7 Å². The summed E-state index contributed by atoms with van der Waals surface area (Å²) in [5.74, 6) is -0.351. The third-order valence-electron chi connectivity index (χ3n) is 3.31. The Morgan fingerprint density at radius 3 is 2.68 bits per heavy atom. The number of nitrogens with zero attached hydrogens (tertiary/aromatic N) is 2. The van der Waals surface area contributed by atoms with Gasteiger partial charge in [-0.25, -0.2) is 4.39 Å². The van der Waals surface area contributed by atoms with E-state index in [2.05, 4.69) is 10.4 Å². The third kappa shape index (κ3) is 2.96. The third-order valence-corrected chi connectivity index (χ3v) is 3.60. The van der Waals surface area contributed by atoms with Crippen LogP contribution in [0.4, 0.5) is 4.39 Å². The fourth-order valence-electron chi connectivity index (χ4n) is 2.08. The predicted octanol–water partition coefficient (Wildman–Crippen LogP) is 3.12. The first kappa shape index (κ1) is 14.0. The number of rotatable bonds is 4. The van der Waals surface area contributed by atoms with Crippen molar-refractivity contribution < 1.29 is 4.39 Å². The molecule has 1 heterocycles. The van der Waals surface area contributed by atoms with Crippen molar-refractivity contribution in [1.29, 1.82) is 0 Å². The fraction of sp³-hybridized carbons (Fsp3) is 0.357. The lowest BCUT2D eigenvalue weighted by Gasteiger charge is -2.07. The van der Waals surface area contributed by atoms with Gasteiger partial charge in [-0.15, -0.1) is 0 Å². The molecule has 102 valence electrons. The summed E-state index contributed by atoms with van der Waals surface area (Å²) >= 11 is 5.75. The fourth-order valence-corrected chi connectivity index (χ4v) is 2.27. The summed E-state index contributed by atoms with van der Waals surface area (Å²) in [5.41, 5.74) is 3.85. The van der Waals surface area contributed by atoms with E-state index in [4.69, 9.17) is 11.6 Å². The molecule has 0 saturated carbocycles. The van der Waals surface area contributed by atoms with E-state index < -0.39 is 0 Å². The normalized spacial score (nSPS) is 11.0. The molecule has 0 spiro atoms. The summed E-state index contributed by atoms with van der Waals surface area (Å²) in [4.78, 5) is 0. The molecule has 0 atom stereocenters. The quantitative estimate of drug-likeness (QED) is 0.933. The number of hydrogen-bond donors (Lipinski definition) is 1. The lowest BCUT2D eigenvalue weighted by atomic mass is 10.1. The second kappa shape index (κ2) is 5.72. The Morgan fingerprint density at radius 2 is 2.05 bits per heavy atom. The molecule has 1 aromatic heterocycles. The molecule has 0 aliphatic heterocycles. The molecule has 5 heteroatoms. The SMILES string of the molecule is Cc1nn(C)c(C)c1CNCc1cccc(Cl)c1F. The Kier molecular flexibility index (Phi) is 4.22. The lowest BCUT2D eigenvalue weighted by Crippen LogP contribution is -2.15. The average Bonchev–Trinajstić information content (AvgIpc) is 2.61. The number of halogens is 2. The van der Waals surface area contributed by atoms with E-state index in [0.717, 1.165) is 17.0 Å². The zero-order valence-corrected chi connectivity index (χ0v) is 12.1. The van der Waals surface area contributed by atoms with Gasteiger partial charge in [-0.1, -0.05) is 23.7 Å². The highest BCUT2D eigenvalue weighted by Crippen LogP contribution is 2.18. The Balaban J connectivity index is 2.02. The van der Waals surface area contributed by atoms with Crippen LogP contribution in [0.15, 0.2) is 18.2 Å². The van der Waals surface area contributed by atoms with E-state index >= 15 is 0 Å². The van der Waals surface area contributed by atoms with Crippen LogP contribution in [-0.2, 0) is 20.1 Å². The summed E-state index contributed by atoms with van der Waals surface area (Å²) in [6, 6.07) is 5.04. The number of aryl methyl sites for hydroxylation is 2. The molecule has 0 bridgehead atoms. The molecular formula is C14H17ClFN3. The molecule has 0 saturated heterocycles. The second-order valence-corrected chi connectivity index (χ2v) is 5.00. The Hall–Kier alpha value is -1.39. The molecule has 1 aromatic carbocycles. The highest BCUT2D eigenvalue weighted by atomic mass is 35.5. The maximum atomic E-state index is 13.7. The molecule has 0 aliphatic rings. The minimum absolute atomic E-state index is 0.160. The molecule has 0 amide bonds. The van der Waals surface area contributed by atoms with Crippen LogP contribution >= 0.6 is 11.6 Å². The van der Waals surface area contributed by atoms with Crippen molar-refractivity contribution in [3.63, 3.8) is 0 Å². The molecular weight excluding hydrogens is 265 g/mol. The zero-order chi connectivity index (χ0) is 14.0. The molecule has 1 N–H and O–H groups in total. The first-order valence-electron chi connectivity index (χ1n) is 6.13. The zero-order valence-electron chi connectivity index (χ0n) is 11.3. The van der Waals surface area contributed by atoms with Gasteiger partial charge in [0.1, 0.15) is 5.82 Å². The van der Waals surface area contributed by atoms with Gasteiger partial charge >= 0.3 is 0 Å². The van der Waals surface area contributed by atoms with Crippen molar-refractivity contribution in [2.24, 2.45) is 7.05 Å². The monoisotopic (exact) mass is 281 g/mol. The smallest absolute Gasteiger partial charge is 0.146 e. The highest BCUT2D eigenvalue weighted by molar-refractivity contribution is 6.30. The van der Waals surface area contributed by atoms with Crippen molar-refractivity contribution in [2.75, 3.05) is 0 Å². The number of aromatic nitrogens is 2. The summed E-state index contributed by atoms with van der Waals surface area (Å²) in [6.45, 7) is 5.11. The summed E-state index contributed by atoms with van der Waals surface area (Å²) in [5, 5.41) is 7.74. The van der Waals surface area contributed by atoms with Crippen LogP contribution in [0.5, 0.6) is 0 Å². The van der Waals surface area contributed by atoms with Crippen molar-refractivity contribution in [3.05, 3.63) is 51.6 Å². The number of benzene rings is 1. The van der Waals surface area contributed by atoms with Gasteiger partial charge in [0, 0.05) is 37.0 Å². The van der Waals surface area contributed by atoms with E-state index in [9.17, 15) is 4.39 Å². The maximum Gasteiger partial charge on any atom is 0.146 e. The van der Waals surface area contributed by atoms with E-state index in [-0.39, 0.29) is 10.8 Å². The Labute approximate surface area is 117 Å². The molecule has 0 radical (unpaired) electrons. The maximum absolute atomic E-state index is 13.7. The van der Waals surface area contributed by atoms with Gasteiger partial charge < -0.3 is 5.32 Å². The van der Waals surface area contributed by atoms with Gasteiger partial charge in [0.15, 0.2) is 0 Å². The predicted molar refractivity (Wildman–Crippen MR) is 74.6 cm³/mol. The van der Waals surface area contributed by atoms with Gasteiger partial charge in [0.25, 0.3) is 0 Å². The summed E-state index contributed by atoms with van der Waals surface area (Å²) in [7, 11) is 1.92. The Morgan fingerprint density at radius 1 is 1.32 bits per heavy atom. The van der Waals surface area contributed by atoms with Crippen LogP contribution in [0.2, 0.25) is 5.02 Å². The number of nitrogens with one attached hydrogen (secondary N) is 1. The molecule has 0 unspecified atom stereocenters. The second-order valence-electron chi connectivity index (χ2n) is 4.59. The van der Waals surface area contributed by atoms with E-state index in [1.807, 2.05) is 25.6 Å². The van der Waals surface area contributed by atoms with Gasteiger partial charge in [-0.05, 0) is 19.9 Å². The number of hydrogen-bond acceptors (Lipinski definition) is 2. The summed E-state index contributed by atoms with van der Waals surface area (Å²) < 4.78 is 15.6. The topological polar surface area (TPSA) is 29.9 Å². The molecule has 0 fully saturated rings. The van der Waals surface area contributed by atoms with Crippen LogP contribution in [0.3, 0.4) is 0 Å². The lowest BCUT2D eigenvalue weighted by molar-refractivity contribution is 0.587. The van der Waals surface area contributed by atoms with Crippen molar-refractivity contribution in [1.82, 2.24) is 15.1 Å². The van der Waals surface area contributed by atoms with Gasteiger partial charge in [0.2, 0.25) is 0 Å². The molecule has 2 aromatic rings.